The van der Waals surface area contributed by atoms with Crippen LogP contribution in [0.25, 0.3) is 10.1 Å². The van der Waals surface area contributed by atoms with Gasteiger partial charge in [0.05, 0.1) is 17.2 Å². The van der Waals surface area contributed by atoms with Crippen LogP contribution in [0.1, 0.15) is 29.9 Å². The highest BCUT2D eigenvalue weighted by molar-refractivity contribution is 7.21. The van der Waals surface area contributed by atoms with Gasteiger partial charge in [-0.2, -0.15) is 0 Å². The summed E-state index contributed by atoms with van der Waals surface area (Å²) in [6.45, 7) is 3.47. The average Bonchev–Trinajstić information content (AvgIpc) is 2.75. The van der Waals surface area contributed by atoms with Gasteiger partial charge < -0.3 is 10.4 Å². The Morgan fingerprint density at radius 1 is 1.55 bits per heavy atom. The SMILES string of the molecule is CCC(C)(CO)NC(=O)c1sc2cc(F)ccc2c1Cl. The van der Waals surface area contributed by atoms with Crippen molar-refractivity contribution in [3.05, 3.63) is 33.9 Å². The second-order valence-corrected chi connectivity index (χ2v) is 6.34. The topological polar surface area (TPSA) is 49.3 Å². The number of carbonyl (C=O) groups is 1. The number of hydrogen-bond acceptors (Lipinski definition) is 3. The highest BCUT2D eigenvalue weighted by Gasteiger charge is 2.26. The molecule has 3 nitrogen and oxygen atoms in total. The van der Waals surface area contributed by atoms with E-state index in [4.69, 9.17) is 11.6 Å². The molecule has 6 heteroatoms. The van der Waals surface area contributed by atoms with E-state index in [2.05, 4.69) is 5.32 Å². The predicted octanol–water partition coefficient (Wildman–Crippen LogP) is 3.58. The second kappa shape index (κ2) is 5.68. The lowest BCUT2D eigenvalue weighted by Gasteiger charge is -2.26. The molecule has 1 heterocycles. The van der Waals surface area contributed by atoms with Crippen molar-refractivity contribution in [3.8, 4) is 0 Å². The second-order valence-electron chi connectivity index (χ2n) is 4.91. The molecule has 0 bridgehead atoms. The van der Waals surface area contributed by atoms with E-state index < -0.39 is 5.54 Å². The smallest absolute Gasteiger partial charge is 0.263 e. The van der Waals surface area contributed by atoms with Crippen LogP contribution in [0.15, 0.2) is 18.2 Å². The Morgan fingerprint density at radius 3 is 2.85 bits per heavy atom. The standard InChI is InChI=1S/C14H15ClFNO2S/c1-3-14(2,7-18)17-13(19)12-11(15)9-5-4-8(16)6-10(9)20-12/h4-6,18H,3,7H2,1-2H3,(H,17,19). The number of thiophene rings is 1. The Hall–Kier alpha value is -1.17. The molecule has 0 saturated carbocycles. The quantitative estimate of drug-likeness (QED) is 0.906. The van der Waals surface area contributed by atoms with Gasteiger partial charge in [-0.15, -0.1) is 11.3 Å². The fourth-order valence-corrected chi connectivity index (χ4v) is 3.19. The van der Waals surface area contributed by atoms with E-state index in [0.29, 0.717) is 26.4 Å². The van der Waals surface area contributed by atoms with Crippen molar-refractivity contribution in [1.82, 2.24) is 5.32 Å². The monoisotopic (exact) mass is 315 g/mol. The van der Waals surface area contributed by atoms with Gasteiger partial charge >= 0.3 is 0 Å². The van der Waals surface area contributed by atoms with Gasteiger partial charge in [0, 0.05) is 10.1 Å². The highest BCUT2D eigenvalue weighted by atomic mass is 35.5. The van der Waals surface area contributed by atoms with Gasteiger partial charge in [0.2, 0.25) is 0 Å². The summed E-state index contributed by atoms with van der Waals surface area (Å²) in [6, 6.07) is 4.23. The highest BCUT2D eigenvalue weighted by Crippen LogP contribution is 2.35. The third kappa shape index (κ3) is 2.80. The first kappa shape index (κ1) is 15.2. The van der Waals surface area contributed by atoms with Gasteiger partial charge in [0.1, 0.15) is 10.7 Å². The van der Waals surface area contributed by atoms with Crippen molar-refractivity contribution in [3.63, 3.8) is 0 Å². The zero-order chi connectivity index (χ0) is 14.9. The lowest BCUT2D eigenvalue weighted by atomic mass is 10.0. The molecule has 0 fully saturated rings. The molecular formula is C14H15ClFNO2S. The van der Waals surface area contributed by atoms with Crippen LogP contribution >= 0.6 is 22.9 Å². The first-order chi connectivity index (χ1) is 9.40. The van der Waals surface area contributed by atoms with Crippen molar-refractivity contribution < 1.29 is 14.3 Å². The summed E-state index contributed by atoms with van der Waals surface area (Å²) in [5.74, 6) is -0.717. The number of carbonyl (C=O) groups excluding carboxylic acids is 1. The van der Waals surface area contributed by atoms with Crippen LogP contribution in [0.3, 0.4) is 0 Å². The number of amides is 1. The summed E-state index contributed by atoms with van der Waals surface area (Å²) in [4.78, 5) is 12.6. The molecule has 20 heavy (non-hydrogen) atoms. The van der Waals surface area contributed by atoms with E-state index in [1.165, 1.54) is 12.1 Å². The summed E-state index contributed by atoms with van der Waals surface area (Å²) >= 11 is 7.33. The van der Waals surface area contributed by atoms with E-state index in [9.17, 15) is 14.3 Å². The van der Waals surface area contributed by atoms with Crippen LogP contribution in [0.2, 0.25) is 5.02 Å². The summed E-state index contributed by atoms with van der Waals surface area (Å²) in [6.07, 6.45) is 0.590. The van der Waals surface area contributed by atoms with Gasteiger partial charge in [-0.25, -0.2) is 4.39 Å². The molecule has 0 aliphatic rings. The number of fused-ring (bicyclic) bond motifs is 1. The minimum absolute atomic E-state index is 0.160. The van der Waals surface area contributed by atoms with Gasteiger partial charge in [0.15, 0.2) is 0 Å². The van der Waals surface area contributed by atoms with E-state index in [1.807, 2.05) is 6.92 Å². The van der Waals surface area contributed by atoms with Crippen molar-refractivity contribution >= 4 is 38.9 Å². The molecule has 2 aromatic rings. The van der Waals surface area contributed by atoms with E-state index >= 15 is 0 Å². The zero-order valence-corrected chi connectivity index (χ0v) is 12.7. The lowest BCUT2D eigenvalue weighted by molar-refractivity contribution is 0.0852. The summed E-state index contributed by atoms with van der Waals surface area (Å²) in [5.41, 5.74) is -0.693. The van der Waals surface area contributed by atoms with Crippen LogP contribution in [-0.4, -0.2) is 23.2 Å². The summed E-state index contributed by atoms with van der Waals surface area (Å²) in [7, 11) is 0. The predicted molar refractivity (Wildman–Crippen MR) is 80.0 cm³/mol. The van der Waals surface area contributed by atoms with E-state index in [-0.39, 0.29) is 18.3 Å². The van der Waals surface area contributed by atoms with Crippen LogP contribution < -0.4 is 5.32 Å². The molecule has 1 aromatic carbocycles. The van der Waals surface area contributed by atoms with Gasteiger partial charge in [-0.3, -0.25) is 4.79 Å². The molecule has 0 spiro atoms. The van der Waals surface area contributed by atoms with Crippen LogP contribution in [0, 0.1) is 5.82 Å². The van der Waals surface area contributed by atoms with Crippen LogP contribution in [0.4, 0.5) is 4.39 Å². The first-order valence-corrected chi connectivity index (χ1v) is 7.40. The number of aliphatic hydroxyl groups is 1. The molecule has 0 radical (unpaired) electrons. The number of nitrogens with one attached hydrogen (secondary N) is 1. The summed E-state index contributed by atoms with van der Waals surface area (Å²) in [5, 5.41) is 13.1. The normalized spacial score (nSPS) is 14.2. The third-order valence-corrected chi connectivity index (χ3v) is 5.00. The largest absolute Gasteiger partial charge is 0.394 e. The minimum Gasteiger partial charge on any atom is -0.394 e. The molecule has 2 rings (SSSR count). The lowest BCUT2D eigenvalue weighted by Crippen LogP contribution is -2.48. The maximum atomic E-state index is 13.2. The molecule has 0 saturated heterocycles. The number of rotatable bonds is 4. The van der Waals surface area contributed by atoms with E-state index in [0.717, 1.165) is 11.3 Å². The van der Waals surface area contributed by atoms with Gasteiger partial charge in [-0.05, 0) is 31.5 Å². The number of benzene rings is 1. The van der Waals surface area contributed by atoms with E-state index in [1.54, 1.807) is 13.0 Å². The van der Waals surface area contributed by atoms with Gasteiger partial charge in [-0.1, -0.05) is 18.5 Å². The maximum Gasteiger partial charge on any atom is 0.263 e. The Labute approximate surface area is 125 Å². The van der Waals surface area contributed by atoms with Crippen molar-refractivity contribution in [2.75, 3.05) is 6.61 Å². The Morgan fingerprint density at radius 2 is 2.25 bits per heavy atom. The molecule has 108 valence electrons. The minimum atomic E-state index is -0.693. The maximum absolute atomic E-state index is 13.2. The average molecular weight is 316 g/mol. The Balaban J connectivity index is 2.38. The molecule has 1 atom stereocenters. The summed E-state index contributed by atoms with van der Waals surface area (Å²) < 4.78 is 13.8. The van der Waals surface area contributed by atoms with Crippen molar-refractivity contribution in [2.24, 2.45) is 0 Å². The Kier molecular flexibility index (Phi) is 4.32. The first-order valence-electron chi connectivity index (χ1n) is 6.21. The molecule has 0 aliphatic carbocycles. The number of aliphatic hydroxyl groups excluding tert-OH is 1. The number of hydrogen-bond donors (Lipinski definition) is 2. The zero-order valence-electron chi connectivity index (χ0n) is 11.2. The fraction of sp³-hybridized carbons (Fsp3) is 0.357. The molecule has 0 aliphatic heterocycles. The van der Waals surface area contributed by atoms with Crippen molar-refractivity contribution in [1.29, 1.82) is 0 Å². The van der Waals surface area contributed by atoms with Gasteiger partial charge in [0.25, 0.3) is 5.91 Å². The third-order valence-electron chi connectivity index (χ3n) is 3.34. The van der Waals surface area contributed by atoms with Crippen molar-refractivity contribution in [2.45, 2.75) is 25.8 Å². The fourth-order valence-electron chi connectivity index (χ4n) is 1.76. The Bertz CT molecular complexity index is 652. The molecule has 1 unspecified atom stereocenters. The number of halogens is 2. The van der Waals surface area contributed by atoms with Crippen LogP contribution in [-0.2, 0) is 0 Å². The van der Waals surface area contributed by atoms with Crippen LogP contribution in [0.5, 0.6) is 0 Å². The molecule has 2 N–H and O–H groups in total. The molecular weight excluding hydrogens is 301 g/mol. The molecule has 1 amide bonds. The molecule has 1 aromatic heterocycles.